The monoisotopic (exact) mass is 285 g/mol. The van der Waals surface area contributed by atoms with Crippen LogP contribution in [0, 0.1) is 11.8 Å². The molecule has 0 aromatic heterocycles. The minimum atomic E-state index is -1.04. The fourth-order valence-electron chi connectivity index (χ4n) is 2.91. The summed E-state index contributed by atoms with van der Waals surface area (Å²) in [6.45, 7) is 4.47. The van der Waals surface area contributed by atoms with Gasteiger partial charge in [0.15, 0.2) is 0 Å². The molecule has 2 rings (SSSR count). The molecule has 3 atom stereocenters. The number of rotatable bonds is 2. The van der Waals surface area contributed by atoms with Gasteiger partial charge >= 0.3 is 0 Å². The summed E-state index contributed by atoms with van der Waals surface area (Å²) in [5.74, 6) is 1.28. The van der Waals surface area contributed by atoms with Gasteiger partial charge in [0, 0.05) is 16.0 Å². The van der Waals surface area contributed by atoms with Crippen molar-refractivity contribution in [2.45, 2.75) is 43.3 Å². The Balaban J connectivity index is 2.22. The number of benzene rings is 1. The van der Waals surface area contributed by atoms with Crippen LogP contribution < -0.4 is 5.73 Å². The average molecular weight is 286 g/mol. The summed E-state index contributed by atoms with van der Waals surface area (Å²) in [6.07, 6.45) is 3.27. The molecule has 1 saturated carbocycles. The molecule has 0 saturated heterocycles. The molecule has 1 fully saturated rings. The van der Waals surface area contributed by atoms with E-state index in [4.69, 9.17) is 17.3 Å². The Labute approximate surface area is 116 Å². The van der Waals surface area contributed by atoms with Gasteiger partial charge in [0.05, 0.1) is 15.7 Å². The summed E-state index contributed by atoms with van der Waals surface area (Å²) >= 11 is 5.97. The molecular weight excluding hydrogens is 266 g/mol. The zero-order chi connectivity index (χ0) is 13.3. The first-order valence-electron chi connectivity index (χ1n) is 6.43. The molecular formula is C14H20ClNOS. The smallest absolute Gasteiger partial charge is 0.0635 e. The lowest BCUT2D eigenvalue weighted by atomic mass is 9.83. The van der Waals surface area contributed by atoms with Crippen LogP contribution in [-0.2, 0) is 10.8 Å². The van der Waals surface area contributed by atoms with Crippen molar-refractivity contribution < 1.29 is 4.21 Å². The predicted molar refractivity (Wildman–Crippen MR) is 78.2 cm³/mol. The van der Waals surface area contributed by atoms with Gasteiger partial charge in [-0.25, -0.2) is 0 Å². The molecule has 1 aliphatic rings. The van der Waals surface area contributed by atoms with Crippen LogP contribution in [0.4, 0.5) is 5.69 Å². The summed E-state index contributed by atoms with van der Waals surface area (Å²) in [5, 5.41) is 0.814. The van der Waals surface area contributed by atoms with E-state index in [9.17, 15) is 4.21 Å². The van der Waals surface area contributed by atoms with Crippen LogP contribution in [0.15, 0.2) is 23.1 Å². The van der Waals surface area contributed by atoms with Crippen molar-refractivity contribution in [2.75, 3.05) is 5.73 Å². The molecule has 1 aliphatic carbocycles. The normalized spacial score (nSPS) is 30.1. The van der Waals surface area contributed by atoms with E-state index >= 15 is 0 Å². The van der Waals surface area contributed by atoms with Gasteiger partial charge < -0.3 is 5.73 Å². The summed E-state index contributed by atoms with van der Waals surface area (Å²) in [6, 6.07) is 5.23. The minimum absolute atomic E-state index is 0.213. The van der Waals surface area contributed by atoms with Gasteiger partial charge in [-0.15, -0.1) is 0 Å². The first kappa shape index (κ1) is 13.9. The first-order valence-corrected chi connectivity index (χ1v) is 8.02. The molecule has 100 valence electrons. The van der Waals surface area contributed by atoms with Gasteiger partial charge in [-0.3, -0.25) is 4.21 Å². The summed E-state index contributed by atoms with van der Waals surface area (Å²) in [5.41, 5.74) is 6.50. The number of hydrogen-bond donors (Lipinski definition) is 1. The molecule has 0 heterocycles. The number of anilines is 1. The van der Waals surface area contributed by atoms with Crippen molar-refractivity contribution in [2.24, 2.45) is 11.8 Å². The minimum Gasteiger partial charge on any atom is -0.398 e. The van der Waals surface area contributed by atoms with Crippen LogP contribution in [0.2, 0.25) is 5.02 Å². The van der Waals surface area contributed by atoms with Crippen molar-refractivity contribution in [1.82, 2.24) is 0 Å². The van der Waals surface area contributed by atoms with Gasteiger partial charge in [0.1, 0.15) is 0 Å². The van der Waals surface area contributed by atoms with Crippen molar-refractivity contribution in [3.8, 4) is 0 Å². The van der Waals surface area contributed by atoms with Crippen molar-refractivity contribution in [3.63, 3.8) is 0 Å². The molecule has 0 amide bonds. The summed E-state index contributed by atoms with van der Waals surface area (Å²) in [4.78, 5) is 0.703. The summed E-state index contributed by atoms with van der Waals surface area (Å²) in [7, 11) is -1.04. The molecule has 0 spiro atoms. The number of halogens is 1. The standard InChI is InChI=1S/C14H20ClNOS/c1-9-5-10(2)7-12(6-9)18(17)14-8-11(15)3-4-13(14)16/h3-4,8-10,12H,5-7,16H2,1-2H3. The lowest BCUT2D eigenvalue weighted by Gasteiger charge is -2.31. The third kappa shape index (κ3) is 3.07. The van der Waals surface area contributed by atoms with E-state index in [-0.39, 0.29) is 5.25 Å². The maximum Gasteiger partial charge on any atom is 0.0635 e. The van der Waals surface area contributed by atoms with E-state index in [1.165, 1.54) is 6.42 Å². The third-order valence-corrected chi connectivity index (χ3v) is 5.64. The highest BCUT2D eigenvalue weighted by atomic mass is 35.5. The van der Waals surface area contributed by atoms with Crippen LogP contribution in [0.1, 0.15) is 33.1 Å². The Hall–Kier alpha value is -0.540. The van der Waals surface area contributed by atoms with Gasteiger partial charge in [-0.1, -0.05) is 25.4 Å². The number of hydrogen-bond acceptors (Lipinski definition) is 2. The van der Waals surface area contributed by atoms with Crippen molar-refractivity contribution in [1.29, 1.82) is 0 Å². The van der Waals surface area contributed by atoms with Crippen LogP contribution in [0.25, 0.3) is 0 Å². The third-order valence-electron chi connectivity index (χ3n) is 3.63. The molecule has 1 aromatic rings. The lowest BCUT2D eigenvalue weighted by Crippen LogP contribution is -2.27. The topological polar surface area (TPSA) is 43.1 Å². The molecule has 18 heavy (non-hydrogen) atoms. The molecule has 0 radical (unpaired) electrons. The Kier molecular flexibility index (Phi) is 4.33. The van der Waals surface area contributed by atoms with Crippen LogP contribution >= 0.6 is 11.6 Å². The highest BCUT2D eigenvalue weighted by molar-refractivity contribution is 7.85. The van der Waals surface area contributed by atoms with E-state index in [0.717, 1.165) is 12.8 Å². The quantitative estimate of drug-likeness (QED) is 0.839. The van der Waals surface area contributed by atoms with Crippen LogP contribution in [-0.4, -0.2) is 9.46 Å². The predicted octanol–water partition coefficient (Wildman–Crippen LogP) is 3.85. The average Bonchev–Trinajstić information content (AvgIpc) is 2.30. The van der Waals surface area contributed by atoms with E-state index in [1.807, 2.05) is 0 Å². The Bertz CT molecular complexity index is 453. The SMILES string of the molecule is CC1CC(C)CC(S(=O)c2cc(Cl)ccc2N)C1. The maximum absolute atomic E-state index is 12.6. The molecule has 0 bridgehead atoms. The van der Waals surface area contributed by atoms with E-state index in [2.05, 4.69) is 13.8 Å². The van der Waals surface area contributed by atoms with Crippen molar-refractivity contribution in [3.05, 3.63) is 23.2 Å². The zero-order valence-electron chi connectivity index (χ0n) is 10.9. The van der Waals surface area contributed by atoms with Crippen molar-refractivity contribution >= 4 is 28.1 Å². The second-order valence-electron chi connectivity index (χ2n) is 5.52. The fraction of sp³-hybridized carbons (Fsp3) is 0.571. The molecule has 0 aliphatic heterocycles. The Morgan fingerprint density at radius 2 is 1.83 bits per heavy atom. The molecule has 2 nitrogen and oxygen atoms in total. The fourth-order valence-corrected chi connectivity index (χ4v) is 5.06. The first-order chi connectivity index (χ1) is 8.47. The molecule has 2 N–H and O–H groups in total. The van der Waals surface area contributed by atoms with E-state index in [0.29, 0.717) is 27.4 Å². The lowest BCUT2D eigenvalue weighted by molar-refractivity contribution is 0.305. The van der Waals surface area contributed by atoms with E-state index < -0.39 is 10.8 Å². The summed E-state index contributed by atoms with van der Waals surface area (Å²) < 4.78 is 12.6. The molecule has 3 unspecified atom stereocenters. The zero-order valence-corrected chi connectivity index (χ0v) is 12.4. The van der Waals surface area contributed by atoms with Gasteiger partial charge in [0.25, 0.3) is 0 Å². The van der Waals surface area contributed by atoms with Gasteiger partial charge in [-0.05, 0) is 49.3 Å². The van der Waals surface area contributed by atoms with Crippen LogP contribution in [0.5, 0.6) is 0 Å². The van der Waals surface area contributed by atoms with E-state index in [1.54, 1.807) is 18.2 Å². The number of nitrogens with two attached hydrogens (primary N) is 1. The Morgan fingerprint density at radius 3 is 2.44 bits per heavy atom. The molecule has 4 heteroatoms. The highest BCUT2D eigenvalue weighted by Gasteiger charge is 2.29. The number of nitrogen functional groups attached to an aromatic ring is 1. The second-order valence-corrected chi connectivity index (χ2v) is 7.66. The molecule has 1 aromatic carbocycles. The van der Waals surface area contributed by atoms with Gasteiger partial charge in [0.2, 0.25) is 0 Å². The van der Waals surface area contributed by atoms with Gasteiger partial charge in [-0.2, -0.15) is 0 Å². The van der Waals surface area contributed by atoms with Crippen LogP contribution in [0.3, 0.4) is 0 Å². The largest absolute Gasteiger partial charge is 0.398 e. The highest BCUT2D eigenvalue weighted by Crippen LogP contribution is 2.35. The maximum atomic E-state index is 12.6. The second kappa shape index (κ2) is 5.62. The Morgan fingerprint density at radius 1 is 1.22 bits per heavy atom.